The molecular formula is C15H23BrN2. The maximum Gasteiger partial charge on any atom is 0.0499 e. The second kappa shape index (κ2) is 6.18. The number of rotatable bonds is 3. The van der Waals surface area contributed by atoms with Crippen molar-refractivity contribution in [3.8, 4) is 0 Å². The zero-order valence-corrected chi connectivity index (χ0v) is 12.8. The third kappa shape index (κ3) is 3.14. The van der Waals surface area contributed by atoms with E-state index in [0.717, 1.165) is 16.3 Å². The molecule has 0 aliphatic heterocycles. The lowest BCUT2D eigenvalue weighted by atomic mass is 9.72. The average molecular weight is 311 g/mol. The van der Waals surface area contributed by atoms with Gasteiger partial charge < -0.3 is 0 Å². The van der Waals surface area contributed by atoms with Crippen LogP contribution in [0.3, 0.4) is 0 Å². The fraction of sp³-hybridized carbons (Fsp3) is 0.600. The van der Waals surface area contributed by atoms with Crippen LogP contribution in [0, 0.1) is 17.8 Å². The molecule has 3 N–H and O–H groups in total. The molecule has 2 rings (SSSR count). The van der Waals surface area contributed by atoms with Crippen LogP contribution in [-0.2, 0) is 0 Å². The zero-order chi connectivity index (χ0) is 13.1. The summed E-state index contributed by atoms with van der Waals surface area (Å²) in [6.45, 7) is 4.71. The topological polar surface area (TPSA) is 38.0 Å². The van der Waals surface area contributed by atoms with Crippen molar-refractivity contribution in [1.82, 2.24) is 5.43 Å². The molecule has 1 fully saturated rings. The Morgan fingerprint density at radius 2 is 1.78 bits per heavy atom. The Kier molecular flexibility index (Phi) is 4.82. The molecule has 3 unspecified atom stereocenters. The van der Waals surface area contributed by atoms with E-state index in [1.165, 1.54) is 24.8 Å². The van der Waals surface area contributed by atoms with Gasteiger partial charge in [0.05, 0.1) is 0 Å². The van der Waals surface area contributed by atoms with Crippen LogP contribution in [0.15, 0.2) is 28.7 Å². The Morgan fingerprint density at radius 1 is 1.17 bits per heavy atom. The van der Waals surface area contributed by atoms with Gasteiger partial charge in [0, 0.05) is 10.5 Å². The molecule has 100 valence electrons. The molecule has 0 spiro atoms. The fourth-order valence-electron chi connectivity index (χ4n) is 3.49. The van der Waals surface area contributed by atoms with Gasteiger partial charge in [0.2, 0.25) is 0 Å². The quantitative estimate of drug-likeness (QED) is 0.653. The lowest BCUT2D eigenvalue weighted by Gasteiger charge is -2.36. The van der Waals surface area contributed by atoms with Gasteiger partial charge in [0.1, 0.15) is 0 Å². The third-order valence-electron chi connectivity index (χ3n) is 4.11. The molecule has 1 aromatic rings. The van der Waals surface area contributed by atoms with E-state index in [9.17, 15) is 0 Å². The lowest BCUT2D eigenvalue weighted by Crippen LogP contribution is -2.37. The standard InChI is InChI=1S/C15H23BrN2/c1-10-7-11(2)9-12(8-10)15(18-17)13-5-3-4-6-14(13)16/h3-6,10-12,15,18H,7-9,17H2,1-2H3. The summed E-state index contributed by atoms with van der Waals surface area (Å²) >= 11 is 3.64. The number of hydrogen-bond acceptors (Lipinski definition) is 2. The summed E-state index contributed by atoms with van der Waals surface area (Å²) < 4.78 is 1.15. The van der Waals surface area contributed by atoms with Crippen LogP contribution in [0.1, 0.15) is 44.7 Å². The predicted octanol–water partition coefficient (Wildman–Crippen LogP) is 4.03. The largest absolute Gasteiger partial charge is 0.271 e. The van der Waals surface area contributed by atoms with E-state index >= 15 is 0 Å². The number of benzene rings is 1. The molecule has 1 saturated carbocycles. The molecule has 3 atom stereocenters. The first-order valence-corrected chi connectivity index (χ1v) is 7.61. The summed E-state index contributed by atoms with van der Waals surface area (Å²) in [4.78, 5) is 0. The summed E-state index contributed by atoms with van der Waals surface area (Å²) in [5.41, 5.74) is 4.32. The van der Waals surface area contributed by atoms with Crippen LogP contribution in [0.4, 0.5) is 0 Å². The number of hydrazine groups is 1. The monoisotopic (exact) mass is 310 g/mol. The van der Waals surface area contributed by atoms with Gasteiger partial charge in [0.15, 0.2) is 0 Å². The van der Waals surface area contributed by atoms with Crippen molar-refractivity contribution in [3.63, 3.8) is 0 Å². The Balaban J connectivity index is 2.20. The Labute approximate surface area is 118 Å². The molecule has 0 saturated heterocycles. The van der Waals surface area contributed by atoms with Crippen molar-refractivity contribution < 1.29 is 0 Å². The number of halogens is 1. The van der Waals surface area contributed by atoms with Crippen molar-refractivity contribution in [2.45, 2.75) is 39.2 Å². The van der Waals surface area contributed by atoms with Crippen LogP contribution < -0.4 is 11.3 Å². The van der Waals surface area contributed by atoms with Crippen LogP contribution in [-0.4, -0.2) is 0 Å². The minimum Gasteiger partial charge on any atom is -0.271 e. The maximum atomic E-state index is 5.82. The second-order valence-corrected chi connectivity index (χ2v) is 6.70. The molecule has 1 aromatic carbocycles. The summed E-state index contributed by atoms with van der Waals surface area (Å²) in [7, 11) is 0. The minimum absolute atomic E-state index is 0.255. The highest BCUT2D eigenvalue weighted by Gasteiger charge is 2.31. The van der Waals surface area contributed by atoms with Gasteiger partial charge in [-0.2, -0.15) is 0 Å². The molecule has 0 amide bonds. The molecule has 18 heavy (non-hydrogen) atoms. The SMILES string of the molecule is CC1CC(C)CC(C(NN)c2ccccc2Br)C1. The molecule has 1 aliphatic rings. The van der Waals surface area contributed by atoms with Gasteiger partial charge >= 0.3 is 0 Å². The Bertz CT molecular complexity index is 384. The van der Waals surface area contributed by atoms with E-state index in [-0.39, 0.29) is 6.04 Å². The highest BCUT2D eigenvalue weighted by atomic mass is 79.9. The first-order valence-electron chi connectivity index (χ1n) is 6.82. The number of hydrogen-bond donors (Lipinski definition) is 2. The van der Waals surface area contributed by atoms with Crippen LogP contribution >= 0.6 is 15.9 Å². The minimum atomic E-state index is 0.255. The van der Waals surface area contributed by atoms with E-state index in [4.69, 9.17) is 5.84 Å². The summed E-state index contributed by atoms with van der Waals surface area (Å²) in [5.74, 6) is 8.06. The highest BCUT2D eigenvalue weighted by Crippen LogP contribution is 2.40. The van der Waals surface area contributed by atoms with Crippen molar-refractivity contribution in [3.05, 3.63) is 34.3 Å². The lowest BCUT2D eigenvalue weighted by molar-refractivity contribution is 0.176. The van der Waals surface area contributed by atoms with Crippen molar-refractivity contribution in [1.29, 1.82) is 0 Å². The Hall–Kier alpha value is -0.380. The van der Waals surface area contributed by atoms with Gasteiger partial charge in [-0.3, -0.25) is 11.3 Å². The van der Waals surface area contributed by atoms with Gasteiger partial charge in [-0.1, -0.05) is 48.0 Å². The average Bonchev–Trinajstić information content (AvgIpc) is 2.31. The third-order valence-corrected chi connectivity index (χ3v) is 4.83. The molecule has 0 heterocycles. The van der Waals surface area contributed by atoms with E-state index in [0.29, 0.717) is 5.92 Å². The van der Waals surface area contributed by atoms with Crippen molar-refractivity contribution in [2.75, 3.05) is 0 Å². The van der Waals surface area contributed by atoms with Crippen LogP contribution in [0.5, 0.6) is 0 Å². The number of nitrogens with two attached hydrogens (primary N) is 1. The summed E-state index contributed by atoms with van der Waals surface area (Å²) in [6.07, 6.45) is 3.88. The molecule has 0 radical (unpaired) electrons. The smallest absolute Gasteiger partial charge is 0.0499 e. The van der Waals surface area contributed by atoms with Crippen molar-refractivity contribution >= 4 is 15.9 Å². The maximum absolute atomic E-state index is 5.82. The van der Waals surface area contributed by atoms with Gasteiger partial charge in [-0.15, -0.1) is 0 Å². The molecular weight excluding hydrogens is 288 g/mol. The van der Waals surface area contributed by atoms with Crippen molar-refractivity contribution in [2.24, 2.45) is 23.6 Å². The fourth-order valence-corrected chi connectivity index (χ4v) is 4.02. The van der Waals surface area contributed by atoms with Crippen LogP contribution in [0.25, 0.3) is 0 Å². The summed E-state index contributed by atoms with van der Waals surface area (Å²) in [5, 5.41) is 0. The van der Waals surface area contributed by atoms with E-state index < -0.39 is 0 Å². The summed E-state index contributed by atoms with van der Waals surface area (Å²) in [6, 6.07) is 8.65. The first kappa shape index (κ1) is 14.0. The molecule has 0 aromatic heterocycles. The van der Waals surface area contributed by atoms with Gasteiger partial charge in [-0.05, 0) is 48.6 Å². The normalized spacial score (nSPS) is 30.1. The molecule has 2 nitrogen and oxygen atoms in total. The van der Waals surface area contributed by atoms with Gasteiger partial charge in [-0.25, -0.2) is 0 Å². The predicted molar refractivity (Wildman–Crippen MR) is 79.9 cm³/mol. The Morgan fingerprint density at radius 3 is 2.33 bits per heavy atom. The zero-order valence-electron chi connectivity index (χ0n) is 11.2. The highest BCUT2D eigenvalue weighted by molar-refractivity contribution is 9.10. The molecule has 0 bridgehead atoms. The van der Waals surface area contributed by atoms with E-state index in [1.807, 2.05) is 6.07 Å². The van der Waals surface area contributed by atoms with E-state index in [2.05, 4.69) is 53.4 Å². The second-order valence-electron chi connectivity index (χ2n) is 5.84. The molecule has 3 heteroatoms. The van der Waals surface area contributed by atoms with Gasteiger partial charge in [0.25, 0.3) is 0 Å². The molecule has 1 aliphatic carbocycles. The van der Waals surface area contributed by atoms with E-state index in [1.54, 1.807) is 0 Å². The van der Waals surface area contributed by atoms with Crippen LogP contribution in [0.2, 0.25) is 0 Å². The number of nitrogens with one attached hydrogen (secondary N) is 1. The first-order chi connectivity index (χ1) is 8.61.